The average Bonchev–Trinajstić information content (AvgIpc) is 3.47. The van der Waals surface area contributed by atoms with E-state index in [1.54, 1.807) is 0 Å². The molecule has 3 saturated heterocycles. The van der Waals surface area contributed by atoms with E-state index >= 15 is 0 Å². The predicted octanol–water partition coefficient (Wildman–Crippen LogP) is 4.30. The number of hydrogen-bond donors (Lipinski definition) is 0. The number of hydrogen-bond acceptors (Lipinski definition) is 5. The van der Waals surface area contributed by atoms with Gasteiger partial charge in [0.05, 0.1) is 18.1 Å². The highest BCUT2D eigenvalue weighted by Gasteiger charge is 2.65. The molecule has 6 rings (SSSR count). The molecule has 0 radical (unpaired) electrons. The third kappa shape index (κ3) is 3.47. The Morgan fingerprint density at radius 1 is 1.19 bits per heavy atom. The number of ether oxygens (including phenoxy) is 2. The fourth-order valence-electron chi connectivity index (χ4n) is 7.54. The maximum atomic E-state index is 13.0. The summed E-state index contributed by atoms with van der Waals surface area (Å²) in [6.45, 7) is 10.2. The number of fused-ring (bicyclic) bond motifs is 3. The first-order valence-corrected chi connectivity index (χ1v) is 12.8. The molecule has 1 aromatic rings. The molecule has 1 spiro atoms. The second kappa shape index (κ2) is 7.61. The average molecular weight is 459 g/mol. The van der Waals surface area contributed by atoms with E-state index in [1.165, 1.54) is 30.5 Å². The van der Waals surface area contributed by atoms with Crippen molar-refractivity contribution in [3.63, 3.8) is 0 Å². The minimum atomic E-state index is 0.0155. The van der Waals surface area contributed by atoms with Crippen molar-refractivity contribution in [1.82, 2.24) is 4.90 Å². The lowest BCUT2D eigenvalue weighted by atomic mass is 9.53. The van der Waals surface area contributed by atoms with Gasteiger partial charge in [-0.25, -0.2) is 0 Å². The molecule has 0 aromatic heterocycles. The Kier molecular flexibility index (Phi) is 5.05. The first-order chi connectivity index (χ1) is 15.4. The van der Waals surface area contributed by atoms with Gasteiger partial charge in [-0.1, -0.05) is 24.6 Å². The number of piperazine rings is 1. The number of carbonyl (C=O) groups is 1. The van der Waals surface area contributed by atoms with Crippen LogP contribution in [0.2, 0.25) is 5.02 Å². The highest BCUT2D eigenvalue weighted by molar-refractivity contribution is 6.30. The first kappa shape index (κ1) is 21.2. The highest BCUT2D eigenvalue weighted by atomic mass is 35.5. The van der Waals surface area contributed by atoms with E-state index in [4.69, 9.17) is 21.1 Å². The second-order valence-corrected chi connectivity index (χ2v) is 11.8. The Labute approximate surface area is 196 Å². The second-order valence-electron chi connectivity index (χ2n) is 11.3. The van der Waals surface area contributed by atoms with Crippen molar-refractivity contribution in [2.75, 3.05) is 44.2 Å². The van der Waals surface area contributed by atoms with E-state index in [0.29, 0.717) is 11.8 Å². The van der Waals surface area contributed by atoms with Gasteiger partial charge in [0.25, 0.3) is 0 Å². The molecular weight excluding hydrogens is 424 g/mol. The van der Waals surface area contributed by atoms with E-state index in [-0.39, 0.29) is 29.0 Å². The van der Waals surface area contributed by atoms with Gasteiger partial charge in [-0.2, -0.15) is 0 Å². The largest absolute Gasteiger partial charge is 0.462 e. The molecule has 3 aliphatic heterocycles. The Morgan fingerprint density at radius 2 is 1.97 bits per heavy atom. The molecule has 2 saturated carbocycles. The molecule has 3 heterocycles. The minimum Gasteiger partial charge on any atom is -0.462 e. The Bertz CT molecular complexity index is 910. The van der Waals surface area contributed by atoms with Crippen molar-refractivity contribution in [2.45, 2.75) is 57.7 Å². The van der Waals surface area contributed by atoms with E-state index in [9.17, 15) is 4.79 Å². The number of carbonyl (C=O) groups excluding carboxylic acids is 1. The number of anilines is 1. The smallest absolute Gasteiger partial charge is 0.310 e. The summed E-state index contributed by atoms with van der Waals surface area (Å²) in [4.78, 5) is 17.9. The van der Waals surface area contributed by atoms with Crippen molar-refractivity contribution in [2.24, 2.45) is 23.2 Å². The van der Waals surface area contributed by atoms with Crippen molar-refractivity contribution < 1.29 is 14.3 Å². The van der Waals surface area contributed by atoms with Gasteiger partial charge >= 0.3 is 5.97 Å². The molecule has 0 unspecified atom stereocenters. The zero-order chi connectivity index (χ0) is 22.1. The van der Waals surface area contributed by atoms with Gasteiger partial charge in [0.2, 0.25) is 0 Å². The zero-order valence-corrected chi connectivity index (χ0v) is 20.1. The summed E-state index contributed by atoms with van der Waals surface area (Å²) in [6.07, 6.45) is 5.93. The summed E-state index contributed by atoms with van der Waals surface area (Å²) >= 11 is 6.24. The van der Waals surface area contributed by atoms with Gasteiger partial charge in [0.1, 0.15) is 6.10 Å². The fourth-order valence-corrected chi connectivity index (χ4v) is 7.70. The maximum absolute atomic E-state index is 13.0. The maximum Gasteiger partial charge on any atom is 0.310 e. The number of epoxide rings is 1. The lowest BCUT2D eigenvalue weighted by molar-refractivity contribution is -0.147. The summed E-state index contributed by atoms with van der Waals surface area (Å²) in [5.74, 6) is 1.00. The van der Waals surface area contributed by atoms with Crippen LogP contribution in [0.15, 0.2) is 18.2 Å². The summed E-state index contributed by atoms with van der Waals surface area (Å²) in [5.41, 5.74) is 2.88. The molecule has 2 aliphatic carbocycles. The Hall–Kier alpha value is -1.30. The molecule has 5 aliphatic rings. The van der Waals surface area contributed by atoms with Crippen molar-refractivity contribution >= 4 is 23.3 Å². The van der Waals surface area contributed by atoms with Crippen LogP contribution in [0.3, 0.4) is 0 Å². The summed E-state index contributed by atoms with van der Waals surface area (Å²) in [7, 11) is 0. The Balaban J connectivity index is 1.12. The first-order valence-electron chi connectivity index (χ1n) is 12.4. The van der Waals surface area contributed by atoms with E-state index < -0.39 is 0 Å². The molecule has 6 atom stereocenters. The van der Waals surface area contributed by atoms with Crippen LogP contribution < -0.4 is 4.90 Å². The van der Waals surface area contributed by atoms with Gasteiger partial charge in [-0.05, 0) is 68.1 Å². The van der Waals surface area contributed by atoms with Crippen molar-refractivity contribution in [3.8, 4) is 0 Å². The molecule has 5 fully saturated rings. The summed E-state index contributed by atoms with van der Waals surface area (Å²) in [6, 6.07) is 6.12. The van der Waals surface area contributed by atoms with Gasteiger partial charge in [-0.15, -0.1) is 0 Å². The van der Waals surface area contributed by atoms with Crippen LogP contribution in [0.25, 0.3) is 0 Å². The number of aryl methyl sites for hydroxylation is 1. The summed E-state index contributed by atoms with van der Waals surface area (Å²) < 4.78 is 12.1. The van der Waals surface area contributed by atoms with Crippen LogP contribution in [0, 0.1) is 30.1 Å². The van der Waals surface area contributed by atoms with Gasteiger partial charge in [0, 0.05) is 49.4 Å². The van der Waals surface area contributed by atoms with Crippen molar-refractivity contribution in [3.05, 3.63) is 28.8 Å². The molecule has 0 N–H and O–H groups in total. The molecule has 1 aromatic carbocycles. The minimum absolute atomic E-state index is 0.0155. The molecule has 5 nitrogen and oxygen atoms in total. The lowest BCUT2D eigenvalue weighted by Crippen LogP contribution is -2.52. The van der Waals surface area contributed by atoms with E-state index in [2.05, 4.69) is 35.8 Å². The van der Waals surface area contributed by atoms with Crippen LogP contribution in [-0.2, 0) is 14.3 Å². The van der Waals surface area contributed by atoms with Crippen molar-refractivity contribution in [1.29, 1.82) is 0 Å². The third-order valence-corrected chi connectivity index (χ3v) is 9.65. The van der Waals surface area contributed by atoms with Crippen LogP contribution in [-0.4, -0.2) is 61.9 Å². The van der Waals surface area contributed by atoms with Gasteiger partial charge in [-0.3, -0.25) is 9.69 Å². The van der Waals surface area contributed by atoms with E-state index in [0.717, 1.165) is 57.2 Å². The van der Waals surface area contributed by atoms with Crippen LogP contribution >= 0.6 is 11.6 Å². The number of benzene rings is 1. The Morgan fingerprint density at radius 3 is 2.72 bits per heavy atom. The van der Waals surface area contributed by atoms with Gasteiger partial charge < -0.3 is 14.4 Å². The lowest BCUT2D eigenvalue weighted by Gasteiger charge is -2.51. The zero-order valence-electron chi connectivity index (χ0n) is 19.3. The molecule has 32 heavy (non-hydrogen) atoms. The number of rotatable bonds is 3. The number of halogens is 1. The standard InChI is InChI=1S/C26H35ClN2O3/c1-17-4-5-18(27)12-21(17)29-10-8-28(9-11-29)15-20-19-13-23-25(2,14-22(19)32-24(20)30)6-3-7-26(23)16-31-26/h4-5,12,19-20,22-23H,3,6-11,13-16H2,1-2H3/t19-,20+,22+,23-,25+,26-/m0/s1. The summed E-state index contributed by atoms with van der Waals surface area (Å²) in [5, 5.41) is 0.789. The molecule has 0 bridgehead atoms. The van der Waals surface area contributed by atoms with E-state index in [1.807, 2.05) is 6.07 Å². The highest BCUT2D eigenvalue weighted by Crippen LogP contribution is 2.62. The van der Waals surface area contributed by atoms with Crippen LogP contribution in [0.1, 0.15) is 44.6 Å². The molecule has 0 amide bonds. The topological polar surface area (TPSA) is 45.3 Å². The number of nitrogens with zero attached hydrogens (tertiary/aromatic N) is 2. The van der Waals surface area contributed by atoms with Gasteiger partial charge in [0.15, 0.2) is 0 Å². The monoisotopic (exact) mass is 458 g/mol. The van der Waals surface area contributed by atoms with Crippen LogP contribution in [0.5, 0.6) is 0 Å². The third-order valence-electron chi connectivity index (χ3n) is 9.42. The van der Waals surface area contributed by atoms with Crippen LogP contribution in [0.4, 0.5) is 5.69 Å². The molecular formula is C26H35ClN2O3. The molecule has 6 heteroatoms. The predicted molar refractivity (Wildman–Crippen MR) is 125 cm³/mol. The quantitative estimate of drug-likeness (QED) is 0.499. The number of esters is 1. The normalized spacial score (nSPS) is 41.3. The SMILES string of the molecule is Cc1ccc(Cl)cc1N1CCN(C[C@H]2C(=O)O[C@@H]3C[C@@]4(C)CCC[C@]5(CO5)[C@H]4C[C@H]32)CC1. The molecule has 174 valence electrons. The fraction of sp³-hybridized carbons (Fsp3) is 0.731.